The van der Waals surface area contributed by atoms with Gasteiger partial charge >= 0.3 is 6.09 Å². The maximum Gasteiger partial charge on any atom is 0.411 e. The van der Waals surface area contributed by atoms with Crippen LogP contribution >= 0.6 is 0 Å². The second kappa shape index (κ2) is 7.94. The molecule has 1 aromatic carbocycles. The van der Waals surface area contributed by atoms with Crippen molar-refractivity contribution in [1.29, 1.82) is 0 Å². The van der Waals surface area contributed by atoms with E-state index in [1.165, 1.54) is 12.1 Å². The monoisotopic (exact) mass is 410 g/mol. The number of carbonyl (C=O) groups excluding carboxylic acids is 1. The van der Waals surface area contributed by atoms with Gasteiger partial charge in [-0.3, -0.25) is 15.1 Å². The highest BCUT2D eigenvalue weighted by atomic mass is 19.1. The Morgan fingerprint density at radius 3 is 2.73 bits per heavy atom. The first kappa shape index (κ1) is 19.6. The summed E-state index contributed by atoms with van der Waals surface area (Å²) >= 11 is 0. The topological polar surface area (TPSA) is 106 Å². The Morgan fingerprint density at radius 1 is 1.23 bits per heavy atom. The van der Waals surface area contributed by atoms with E-state index in [9.17, 15) is 14.0 Å². The second-order valence-electron chi connectivity index (χ2n) is 6.95. The minimum absolute atomic E-state index is 0.343. The van der Waals surface area contributed by atoms with Crippen molar-refractivity contribution in [1.82, 2.24) is 20.1 Å². The first-order valence-corrected chi connectivity index (χ1v) is 9.43. The van der Waals surface area contributed by atoms with Gasteiger partial charge in [0.25, 0.3) is 0 Å². The molecular formula is C21H19FN4O4. The molecule has 0 saturated heterocycles. The SMILES string of the molecule is CC(C(=O)NC(=O)O)c1cc(-c2c(-c3ccc(F)cc3)nn3c2OCCC3)ccn1. The number of hydrogen-bond donors (Lipinski definition) is 2. The quantitative estimate of drug-likeness (QED) is 0.683. The van der Waals surface area contributed by atoms with Crippen molar-refractivity contribution in [2.45, 2.75) is 25.8 Å². The summed E-state index contributed by atoms with van der Waals surface area (Å²) in [5.41, 5.74) is 3.21. The van der Waals surface area contributed by atoms with Crippen molar-refractivity contribution in [2.75, 3.05) is 6.61 Å². The molecule has 1 aliphatic heterocycles. The molecule has 9 heteroatoms. The lowest BCUT2D eigenvalue weighted by Crippen LogP contribution is -2.32. The molecule has 8 nitrogen and oxygen atoms in total. The molecule has 30 heavy (non-hydrogen) atoms. The molecule has 0 fully saturated rings. The Labute approximate surface area is 171 Å². The molecule has 2 aromatic heterocycles. The van der Waals surface area contributed by atoms with Crippen LogP contribution in [0.4, 0.5) is 9.18 Å². The van der Waals surface area contributed by atoms with Gasteiger partial charge in [0.05, 0.1) is 23.8 Å². The molecule has 154 valence electrons. The lowest BCUT2D eigenvalue weighted by Gasteiger charge is -2.16. The van der Waals surface area contributed by atoms with Crippen LogP contribution in [0.15, 0.2) is 42.6 Å². The van der Waals surface area contributed by atoms with Gasteiger partial charge in [-0.25, -0.2) is 13.9 Å². The maximum atomic E-state index is 13.4. The average molecular weight is 410 g/mol. The number of benzene rings is 1. The molecule has 2 amide bonds. The summed E-state index contributed by atoms with van der Waals surface area (Å²) in [5, 5.41) is 15.3. The maximum absolute atomic E-state index is 13.4. The summed E-state index contributed by atoms with van der Waals surface area (Å²) in [6.07, 6.45) is 0.960. The van der Waals surface area contributed by atoms with Crippen LogP contribution in [0.5, 0.6) is 5.88 Å². The number of halogens is 1. The van der Waals surface area contributed by atoms with Gasteiger partial charge in [0.15, 0.2) is 0 Å². The molecule has 1 unspecified atom stereocenters. The first-order chi connectivity index (χ1) is 14.4. The van der Waals surface area contributed by atoms with Crippen molar-refractivity contribution in [3.05, 3.63) is 54.1 Å². The highest BCUT2D eigenvalue weighted by Crippen LogP contribution is 2.41. The number of pyridine rings is 1. The summed E-state index contributed by atoms with van der Waals surface area (Å²) < 4.78 is 21.1. The summed E-state index contributed by atoms with van der Waals surface area (Å²) in [5.74, 6) is -1.19. The van der Waals surface area contributed by atoms with E-state index in [0.717, 1.165) is 23.1 Å². The Kier molecular flexibility index (Phi) is 5.18. The summed E-state index contributed by atoms with van der Waals surface area (Å²) in [7, 11) is 0. The van der Waals surface area contributed by atoms with Crippen LogP contribution in [0.2, 0.25) is 0 Å². The molecule has 2 N–H and O–H groups in total. The van der Waals surface area contributed by atoms with Crippen LogP contribution in [0.1, 0.15) is 25.0 Å². The minimum Gasteiger partial charge on any atom is -0.477 e. The smallest absolute Gasteiger partial charge is 0.411 e. The van der Waals surface area contributed by atoms with Gasteiger partial charge in [-0.15, -0.1) is 0 Å². The molecule has 3 aromatic rings. The number of imide groups is 1. The summed E-state index contributed by atoms with van der Waals surface area (Å²) in [6.45, 7) is 2.82. The van der Waals surface area contributed by atoms with E-state index in [2.05, 4.69) is 10.1 Å². The van der Waals surface area contributed by atoms with Gasteiger partial charge in [0.2, 0.25) is 11.8 Å². The number of aromatic nitrogens is 3. The molecule has 1 atom stereocenters. The van der Waals surface area contributed by atoms with Crippen LogP contribution in [-0.4, -0.2) is 38.5 Å². The van der Waals surface area contributed by atoms with Crippen LogP contribution in [-0.2, 0) is 11.3 Å². The standard InChI is InChI=1S/C21H19FN4O4/c1-12(19(27)24-21(28)29)16-11-14(7-8-23-16)17-18(13-3-5-15(22)6-4-13)25-26-9-2-10-30-20(17)26/h3-8,11-12H,2,9-10H2,1H3,(H,24,27)(H,28,29). The highest BCUT2D eigenvalue weighted by molar-refractivity contribution is 5.95. The van der Waals surface area contributed by atoms with Gasteiger partial charge in [0, 0.05) is 24.7 Å². The Balaban J connectivity index is 1.80. The minimum atomic E-state index is -1.42. The number of ether oxygens (including phenoxy) is 1. The van der Waals surface area contributed by atoms with Crippen LogP contribution < -0.4 is 10.1 Å². The summed E-state index contributed by atoms with van der Waals surface area (Å²) in [4.78, 5) is 27.1. The normalized spacial score (nSPS) is 13.8. The van der Waals surface area contributed by atoms with E-state index in [-0.39, 0.29) is 5.82 Å². The van der Waals surface area contributed by atoms with Crippen LogP contribution in [0.3, 0.4) is 0 Å². The zero-order valence-corrected chi connectivity index (χ0v) is 16.1. The highest BCUT2D eigenvalue weighted by Gasteiger charge is 2.26. The Hall–Kier alpha value is -3.75. The largest absolute Gasteiger partial charge is 0.477 e. The number of nitrogens with zero attached hydrogens (tertiary/aromatic N) is 3. The lowest BCUT2D eigenvalue weighted by molar-refractivity contribution is -0.121. The van der Waals surface area contributed by atoms with E-state index >= 15 is 0 Å². The molecule has 3 heterocycles. The van der Waals surface area contributed by atoms with E-state index in [1.807, 2.05) is 5.32 Å². The van der Waals surface area contributed by atoms with E-state index in [4.69, 9.17) is 9.84 Å². The van der Waals surface area contributed by atoms with E-state index in [1.54, 1.807) is 42.1 Å². The van der Waals surface area contributed by atoms with Crippen LogP contribution in [0.25, 0.3) is 22.4 Å². The molecule has 0 bridgehead atoms. The molecule has 0 radical (unpaired) electrons. The fourth-order valence-corrected chi connectivity index (χ4v) is 3.39. The Morgan fingerprint density at radius 2 is 2.00 bits per heavy atom. The fraction of sp³-hybridized carbons (Fsp3) is 0.238. The van der Waals surface area contributed by atoms with Gasteiger partial charge in [-0.05, 0) is 48.9 Å². The van der Waals surface area contributed by atoms with Crippen molar-refractivity contribution in [3.8, 4) is 28.3 Å². The molecular weight excluding hydrogens is 391 g/mol. The van der Waals surface area contributed by atoms with Crippen molar-refractivity contribution < 1.29 is 23.8 Å². The zero-order chi connectivity index (χ0) is 21.3. The fourth-order valence-electron chi connectivity index (χ4n) is 3.39. The van der Waals surface area contributed by atoms with Gasteiger partial charge < -0.3 is 9.84 Å². The zero-order valence-electron chi connectivity index (χ0n) is 16.1. The average Bonchev–Trinajstić information content (AvgIpc) is 3.13. The van der Waals surface area contributed by atoms with Crippen molar-refractivity contribution in [2.24, 2.45) is 0 Å². The number of amides is 2. The number of nitrogens with one attached hydrogen (secondary N) is 1. The van der Waals surface area contributed by atoms with Gasteiger partial charge in [-0.2, -0.15) is 5.10 Å². The van der Waals surface area contributed by atoms with Crippen LogP contribution in [0, 0.1) is 5.82 Å². The lowest BCUT2D eigenvalue weighted by atomic mass is 9.98. The van der Waals surface area contributed by atoms with E-state index < -0.39 is 17.9 Å². The summed E-state index contributed by atoms with van der Waals surface area (Å²) in [6, 6.07) is 9.53. The number of carboxylic acid groups (broad SMARTS) is 1. The predicted octanol–water partition coefficient (Wildman–Crippen LogP) is 3.43. The number of fused-ring (bicyclic) bond motifs is 1. The number of rotatable bonds is 4. The number of aryl methyl sites for hydroxylation is 1. The molecule has 1 aliphatic rings. The van der Waals surface area contributed by atoms with Crippen molar-refractivity contribution in [3.63, 3.8) is 0 Å². The third-order valence-corrected chi connectivity index (χ3v) is 4.91. The molecule has 0 saturated carbocycles. The van der Waals surface area contributed by atoms with Crippen molar-refractivity contribution >= 4 is 12.0 Å². The number of carbonyl (C=O) groups is 2. The van der Waals surface area contributed by atoms with Gasteiger partial charge in [-0.1, -0.05) is 0 Å². The number of hydrogen-bond acceptors (Lipinski definition) is 5. The first-order valence-electron chi connectivity index (χ1n) is 9.43. The van der Waals surface area contributed by atoms with E-state index in [0.29, 0.717) is 30.4 Å². The second-order valence-corrected chi connectivity index (χ2v) is 6.95. The molecule has 0 aliphatic carbocycles. The molecule has 4 rings (SSSR count). The third kappa shape index (κ3) is 3.73. The third-order valence-electron chi connectivity index (χ3n) is 4.91. The van der Waals surface area contributed by atoms with Gasteiger partial charge in [0.1, 0.15) is 11.5 Å². The molecule has 0 spiro atoms. The predicted molar refractivity (Wildman–Crippen MR) is 106 cm³/mol. The Bertz CT molecular complexity index is 1110.